The van der Waals surface area contributed by atoms with Crippen LogP contribution in [-0.2, 0) is 9.53 Å². The fourth-order valence-corrected chi connectivity index (χ4v) is 1.11. The van der Waals surface area contributed by atoms with Crippen molar-refractivity contribution in [3.8, 4) is 6.07 Å². The second kappa shape index (κ2) is 8.52. The average Bonchev–Trinajstić information content (AvgIpc) is 2.18. The molecule has 0 aliphatic carbocycles. The molecule has 0 aromatic heterocycles. The maximum absolute atomic E-state index is 11.5. The van der Waals surface area contributed by atoms with Crippen molar-refractivity contribution in [1.29, 1.82) is 5.26 Å². The van der Waals surface area contributed by atoms with E-state index in [0.717, 1.165) is 6.42 Å². The van der Waals surface area contributed by atoms with E-state index in [1.165, 1.54) is 0 Å². The van der Waals surface area contributed by atoms with Crippen molar-refractivity contribution >= 4 is 5.91 Å². The van der Waals surface area contributed by atoms with Crippen molar-refractivity contribution in [2.24, 2.45) is 0 Å². The lowest BCUT2D eigenvalue weighted by atomic mass is 10.3. The molecule has 1 amide bonds. The normalized spacial score (nSPS) is 9.50. The van der Waals surface area contributed by atoms with Crippen molar-refractivity contribution in [2.45, 2.75) is 26.7 Å². The summed E-state index contributed by atoms with van der Waals surface area (Å²) in [6.45, 7) is 5.78. The fourth-order valence-electron chi connectivity index (χ4n) is 1.11. The molecule has 0 N–H and O–H groups in total. The van der Waals surface area contributed by atoms with Gasteiger partial charge in [0.1, 0.15) is 6.54 Å². The van der Waals surface area contributed by atoms with Gasteiger partial charge in [0.25, 0.3) is 0 Å². The lowest BCUT2D eigenvalue weighted by Crippen LogP contribution is -2.32. The minimum atomic E-state index is 0.00171. The number of nitrogens with zero attached hydrogens (tertiary/aromatic N) is 2. The Labute approximate surface area is 85.5 Å². The lowest BCUT2D eigenvalue weighted by Gasteiger charge is -2.18. The highest BCUT2D eigenvalue weighted by Crippen LogP contribution is 1.96. The predicted molar refractivity (Wildman–Crippen MR) is 53.6 cm³/mol. The Balaban J connectivity index is 3.83. The first-order chi connectivity index (χ1) is 6.76. The van der Waals surface area contributed by atoms with E-state index in [-0.39, 0.29) is 12.5 Å². The molecule has 0 aromatic rings. The molecule has 0 atom stereocenters. The van der Waals surface area contributed by atoms with Crippen LogP contribution >= 0.6 is 0 Å². The minimum absolute atomic E-state index is 0.00171. The summed E-state index contributed by atoms with van der Waals surface area (Å²) < 4.78 is 5.08. The number of rotatable bonds is 7. The van der Waals surface area contributed by atoms with Gasteiger partial charge in [-0.2, -0.15) is 5.26 Å². The van der Waals surface area contributed by atoms with E-state index in [1.807, 2.05) is 19.9 Å². The van der Waals surface area contributed by atoms with Gasteiger partial charge in [-0.3, -0.25) is 4.79 Å². The average molecular weight is 198 g/mol. The first-order valence-electron chi connectivity index (χ1n) is 4.98. The Hall–Kier alpha value is -1.08. The van der Waals surface area contributed by atoms with Crippen molar-refractivity contribution < 1.29 is 9.53 Å². The minimum Gasteiger partial charge on any atom is -0.381 e. The quantitative estimate of drug-likeness (QED) is 0.456. The van der Waals surface area contributed by atoms with Crippen molar-refractivity contribution in [3.05, 3.63) is 0 Å². The van der Waals surface area contributed by atoms with E-state index in [2.05, 4.69) is 0 Å². The van der Waals surface area contributed by atoms with Crippen LogP contribution in [0.5, 0.6) is 0 Å². The van der Waals surface area contributed by atoms with Gasteiger partial charge < -0.3 is 9.64 Å². The van der Waals surface area contributed by atoms with Gasteiger partial charge in [-0.05, 0) is 13.3 Å². The van der Waals surface area contributed by atoms with Gasteiger partial charge in [-0.15, -0.1) is 0 Å². The molecule has 0 fully saturated rings. The topological polar surface area (TPSA) is 53.3 Å². The van der Waals surface area contributed by atoms with Gasteiger partial charge in [0.05, 0.1) is 19.1 Å². The Morgan fingerprint density at radius 3 is 2.71 bits per heavy atom. The van der Waals surface area contributed by atoms with E-state index in [9.17, 15) is 4.79 Å². The van der Waals surface area contributed by atoms with Crippen LogP contribution in [0.25, 0.3) is 0 Å². The van der Waals surface area contributed by atoms with Crippen LogP contribution in [0.1, 0.15) is 26.7 Å². The zero-order chi connectivity index (χ0) is 10.8. The molecule has 4 nitrogen and oxygen atoms in total. The van der Waals surface area contributed by atoms with Crippen molar-refractivity contribution in [1.82, 2.24) is 4.90 Å². The van der Waals surface area contributed by atoms with E-state index >= 15 is 0 Å². The van der Waals surface area contributed by atoms with Gasteiger partial charge in [0.2, 0.25) is 5.91 Å². The Morgan fingerprint density at radius 2 is 2.21 bits per heavy atom. The Kier molecular flexibility index (Phi) is 7.86. The lowest BCUT2D eigenvalue weighted by molar-refractivity contribution is -0.131. The standard InChI is InChI=1S/C10H18N2O2/c1-3-7-12(8-6-11)10(13)5-9-14-4-2/h3-5,7-9H2,1-2H3. The number of hydrogen-bond donors (Lipinski definition) is 0. The van der Waals surface area contributed by atoms with Crippen molar-refractivity contribution in [3.63, 3.8) is 0 Å². The molecule has 0 saturated heterocycles. The summed E-state index contributed by atoms with van der Waals surface area (Å²) in [6.07, 6.45) is 1.25. The molecule has 0 aliphatic heterocycles. The van der Waals surface area contributed by atoms with Gasteiger partial charge in [0, 0.05) is 13.2 Å². The van der Waals surface area contributed by atoms with Crippen molar-refractivity contribution in [2.75, 3.05) is 26.3 Å². The maximum Gasteiger partial charge on any atom is 0.225 e. The van der Waals surface area contributed by atoms with E-state index in [1.54, 1.807) is 4.90 Å². The molecular formula is C10H18N2O2. The highest BCUT2D eigenvalue weighted by Gasteiger charge is 2.11. The molecule has 0 unspecified atom stereocenters. The maximum atomic E-state index is 11.5. The third-order valence-electron chi connectivity index (χ3n) is 1.77. The summed E-state index contributed by atoms with van der Waals surface area (Å²) >= 11 is 0. The Bertz CT molecular complexity index is 199. The van der Waals surface area contributed by atoms with Crippen LogP contribution in [-0.4, -0.2) is 37.1 Å². The molecule has 0 spiro atoms. The summed E-state index contributed by atoms with van der Waals surface area (Å²) in [5.74, 6) is 0.00171. The zero-order valence-electron chi connectivity index (χ0n) is 8.95. The monoisotopic (exact) mass is 198 g/mol. The SMILES string of the molecule is CCCN(CC#N)C(=O)CCOCC. The summed E-state index contributed by atoms with van der Waals surface area (Å²) in [5, 5.41) is 8.51. The highest BCUT2D eigenvalue weighted by atomic mass is 16.5. The summed E-state index contributed by atoms with van der Waals surface area (Å²) in [4.78, 5) is 13.1. The number of carbonyl (C=O) groups excluding carboxylic acids is 1. The molecule has 14 heavy (non-hydrogen) atoms. The molecule has 0 heterocycles. The molecule has 80 valence electrons. The smallest absolute Gasteiger partial charge is 0.225 e. The van der Waals surface area contributed by atoms with Crippen LogP contribution in [0.4, 0.5) is 0 Å². The summed E-state index contributed by atoms with van der Waals surface area (Å²) in [7, 11) is 0. The number of ether oxygens (including phenoxy) is 1. The number of nitriles is 1. The number of carbonyl (C=O) groups is 1. The molecule has 4 heteroatoms. The summed E-state index contributed by atoms with van der Waals surface area (Å²) in [6, 6.07) is 1.99. The van der Waals surface area contributed by atoms with Crippen LogP contribution in [0.15, 0.2) is 0 Å². The molecule has 0 radical (unpaired) electrons. The van der Waals surface area contributed by atoms with Crippen LogP contribution in [0, 0.1) is 11.3 Å². The van der Waals surface area contributed by atoms with Crippen LogP contribution in [0.3, 0.4) is 0 Å². The first-order valence-corrected chi connectivity index (χ1v) is 4.98. The zero-order valence-corrected chi connectivity index (χ0v) is 8.95. The van der Waals surface area contributed by atoms with E-state index < -0.39 is 0 Å². The van der Waals surface area contributed by atoms with Crippen LogP contribution in [0.2, 0.25) is 0 Å². The number of hydrogen-bond acceptors (Lipinski definition) is 3. The Morgan fingerprint density at radius 1 is 1.50 bits per heavy atom. The van der Waals surface area contributed by atoms with Gasteiger partial charge in [-0.1, -0.05) is 6.92 Å². The number of amides is 1. The largest absolute Gasteiger partial charge is 0.381 e. The molecule has 0 saturated carbocycles. The second-order valence-electron chi connectivity index (χ2n) is 2.92. The second-order valence-corrected chi connectivity index (χ2v) is 2.92. The van der Waals surface area contributed by atoms with Gasteiger partial charge >= 0.3 is 0 Å². The molecule has 0 aromatic carbocycles. The molecule has 0 rings (SSSR count). The van der Waals surface area contributed by atoms with Gasteiger partial charge in [-0.25, -0.2) is 0 Å². The third-order valence-corrected chi connectivity index (χ3v) is 1.77. The summed E-state index contributed by atoms with van der Waals surface area (Å²) in [5.41, 5.74) is 0. The van der Waals surface area contributed by atoms with Gasteiger partial charge in [0.15, 0.2) is 0 Å². The van der Waals surface area contributed by atoms with E-state index in [0.29, 0.717) is 26.2 Å². The highest BCUT2D eigenvalue weighted by molar-refractivity contribution is 5.76. The molecule has 0 bridgehead atoms. The molecular weight excluding hydrogens is 180 g/mol. The fraction of sp³-hybridized carbons (Fsp3) is 0.800. The van der Waals surface area contributed by atoms with Crippen LogP contribution < -0.4 is 0 Å². The predicted octanol–water partition coefficient (Wildman–Crippen LogP) is 1.18. The molecule has 0 aliphatic rings. The first kappa shape index (κ1) is 12.9. The van der Waals surface area contributed by atoms with E-state index in [4.69, 9.17) is 10.00 Å². The third kappa shape index (κ3) is 5.55.